The summed E-state index contributed by atoms with van der Waals surface area (Å²) >= 11 is 6.13. The molecular formula is C31H21ClN2O4. The maximum atomic E-state index is 14.6. The van der Waals surface area contributed by atoms with E-state index in [0.29, 0.717) is 21.8 Å². The number of fused-ring (bicyclic) bond motifs is 6. The van der Waals surface area contributed by atoms with Crippen LogP contribution in [0.5, 0.6) is 0 Å². The van der Waals surface area contributed by atoms with E-state index in [9.17, 15) is 14.4 Å². The summed E-state index contributed by atoms with van der Waals surface area (Å²) in [5, 5.41) is 3.53. The van der Waals surface area contributed by atoms with E-state index in [1.807, 2.05) is 65.7 Å². The van der Waals surface area contributed by atoms with Gasteiger partial charge in [-0.25, -0.2) is 0 Å². The van der Waals surface area contributed by atoms with E-state index >= 15 is 0 Å². The van der Waals surface area contributed by atoms with Crippen LogP contribution in [0, 0.1) is 5.92 Å². The number of rotatable bonds is 4. The molecule has 1 aromatic heterocycles. The predicted octanol–water partition coefficient (Wildman–Crippen LogP) is 5.91. The van der Waals surface area contributed by atoms with Crippen molar-refractivity contribution >= 4 is 40.8 Å². The first-order chi connectivity index (χ1) is 18.5. The molecule has 1 N–H and O–H groups in total. The van der Waals surface area contributed by atoms with E-state index in [4.69, 9.17) is 16.0 Å². The largest absolute Gasteiger partial charge is 0.461 e. The van der Waals surface area contributed by atoms with Crippen LogP contribution in [0.1, 0.15) is 43.6 Å². The highest BCUT2D eigenvalue weighted by molar-refractivity contribution is 6.30. The van der Waals surface area contributed by atoms with Crippen LogP contribution in [-0.2, 0) is 10.2 Å². The monoisotopic (exact) mass is 520 g/mol. The second-order valence-corrected chi connectivity index (χ2v) is 10.2. The SMILES string of the molecule is O=C(c1ccc(Cl)cc1)[C@@H]1[C@H](C(=O)c2ccco2)N2C=Cc3ccccc3[C@@H]2[C@]12C(=O)Nc1ccccc12. The summed E-state index contributed by atoms with van der Waals surface area (Å²) in [6.45, 7) is 0. The number of para-hydroxylation sites is 1. The summed E-state index contributed by atoms with van der Waals surface area (Å²) in [6, 6.07) is 23.5. The Bertz CT molecular complexity index is 1640. The molecule has 0 bridgehead atoms. The number of carbonyl (C=O) groups is 3. The quantitative estimate of drug-likeness (QED) is 0.338. The maximum Gasteiger partial charge on any atom is 0.238 e. The number of Topliss-reactive ketones (excluding diaryl/α,β-unsaturated/α-hetero) is 2. The number of hydrogen-bond acceptors (Lipinski definition) is 5. The van der Waals surface area contributed by atoms with Gasteiger partial charge in [0, 0.05) is 22.5 Å². The number of furan rings is 1. The molecule has 0 aliphatic carbocycles. The van der Waals surface area contributed by atoms with E-state index in [1.165, 1.54) is 6.26 Å². The second-order valence-electron chi connectivity index (χ2n) is 9.80. The summed E-state index contributed by atoms with van der Waals surface area (Å²) in [5.74, 6) is -1.88. The van der Waals surface area contributed by atoms with Crippen LogP contribution < -0.4 is 5.32 Å². The van der Waals surface area contributed by atoms with Crippen LogP contribution in [0.15, 0.2) is 102 Å². The van der Waals surface area contributed by atoms with Gasteiger partial charge in [-0.05, 0) is 65.2 Å². The number of nitrogens with one attached hydrogen (secondary N) is 1. The summed E-state index contributed by atoms with van der Waals surface area (Å²) in [5.41, 5.74) is 2.17. The third kappa shape index (κ3) is 2.98. The third-order valence-electron chi connectivity index (χ3n) is 8.01. The lowest BCUT2D eigenvalue weighted by Crippen LogP contribution is -2.49. The van der Waals surface area contributed by atoms with Crippen molar-refractivity contribution in [2.75, 3.05) is 5.32 Å². The van der Waals surface area contributed by atoms with Gasteiger partial charge in [0.2, 0.25) is 11.7 Å². The van der Waals surface area contributed by atoms with Crippen molar-refractivity contribution in [3.05, 3.63) is 130 Å². The molecule has 3 aliphatic heterocycles. The zero-order valence-electron chi connectivity index (χ0n) is 20.0. The standard InChI is InChI=1S/C31H21ClN2O4/c32-20-13-11-19(12-14-20)27(35)25-26(28(36)24-10-5-17-38-24)34-16-15-18-6-1-2-7-21(18)29(34)31(25)22-8-3-4-9-23(22)33-30(31)37/h1-17,25-26,29H,(H,33,37)/t25-,26+,29+,31+/m0/s1. The van der Waals surface area contributed by atoms with Crippen LogP contribution in [0.25, 0.3) is 6.08 Å². The molecule has 1 saturated heterocycles. The zero-order chi connectivity index (χ0) is 26.0. The molecule has 7 heteroatoms. The smallest absolute Gasteiger partial charge is 0.238 e. The van der Waals surface area contributed by atoms with Crippen molar-refractivity contribution in [2.24, 2.45) is 5.92 Å². The Morgan fingerprint density at radius 3 is 2.45 bits per heavy atom. The summed E-state index contributed by atoms with van der Waals surface area (Å²) in [7, 11) is 0. The average Bonchev–Trinajstić information content (AvgIpc) is 3.65. The molecule has 4 heterocycles. The van der Waals surface area contributed by atoms with Gasteiger partial charge in [-0.2, -0.15) is 0 Å². The van der Waals surface area contributed by atoms with Gasteiger partial charge in [-0.3, -0.25) is 14.4 Å². The third-order valence-corrected chi connectivity index (χ3v) is 8.27. The van der Waals surface area contributed by atoms with Gasteiger partial charge >= 0.3 is 0 Å². The number of ketones is 2. The maximum absolute atomic E-state index is 14.6. The summed E-state index contributed by atoms with van der Waals surface area (Å²) < 4.78 is 5.52. The van der Waals surface area contributed by atoms with E-state index in [2.05, 4.69) is 5.32 Å². The first kappa shape index (κ1) is 22.8. The highest BCUT2D eigenvalue weighted by Gasteiger charge is 2.71. The Hall–Kier alpha value is -4.42. The number of anilines is 1. The van der Waals surface area contributed by atoms with Crippen LogP contribution in [0.2, 0.25) is 5.02 Å². The van der Waals surface area contributed by atoms with E-state index in [-0.39, 0.29) is 23.2 Å². The lowest BCUT2D eigenvalue weighted by Gasteiger charge is -2.38. The normalized spacial score (nSPS) is 24.6. The minimum absolute atomic E-state index is 0.138. The van der Waals surface area contributed by atoms with Crippen molar-refractivity contribution in [1.82, 2.24) is 4.90 Å². The van der Waals surface area contributed by atoms with Crippen molar-refractivity contribution in [3.63, 3.8) is 0 Å². The number of amides is 1. The predicted molar refractivity (Wildman–Crippen MR) is 143 cm³/mol. The lowest BCUT2D eigenvalue weighted by molar-refractivity contribution is -0.122. The van der Waals surface area contributed by atoms with Gasteiger partial charge < -0.3 is 14.6 Å². The number of halogens is 1. The summed E-state index contributed by atoms with van der Waals surface area (Å²) in [6.07, 6.45) is 5.20. The first-order valence-corrected chi connectivity index (χ1v) is 12.7. The van der Waals surface area contributed by atoms with Gasteiger partial charge in [0.05, 0.1) is 18.2 Å². The molecule has 4 atom stereocenters. The van der Waals surface area contributed by atoms with E-state index in [0.717, 1.165) is 11.1 Å². The molecule has 38 heavy (non-hydrogen) atoms. The molecule has 1 fully saturated rings. The lowest BCUT2D eigenvalue weighted by atomic mass is 9.62. The minimum atomic E-state index is -1.37. The molecular weight excluding hydrogens is 500 g/mol. The molecule has 1 spiro atoms. The molecule has 7 rings (SSSR count). The Labute approximate surface area is 223 Å². The van der Waals surface area contributed by atoms with Gasteiger partial charge in [-0.1, -0.05) is 54.1 Å². The van der Waals surface area contributed by atoms with Crippen molar-refractivity contribution in [3.8, 4) is 0 Å². The van der Waals surface area contributed by atoms with E-state index < -0.39 is 23.4 Å². The molecule has 3 aromatic carbocycles. The fraction of sp³-hybridized carbons (Fsp3) is 0.129. The highest BCUT2D eigenvalue weighted by atomic mass is 35.5. The summed E-state index contributed by atoms with van der Waals surface area (Å²) in [4.78, 5) is 44.9. The number of hydrogen-bond donors (Lipinski definition) is 1. The highest BCUT2D eigenvalue weighted by Crippen LogP contribution is 2.62. The van der Waals surface area contributed by atoms with Gasteiger partial charge in [0.25, 0.3) is 0 Å². The minimum Gasteiger partial charge on any atom is -0.461 e. The number of nitrogens with zero attached hydrogens (tertiary/aromatic N) is 1. The molecule has 4 aromatic rings. The Balaban J connectivity index is 1.55. The molecule has 0 saturated carbocycles. The van der Waals surface area contributed by atoms with Crippen LogP contribution in [-0.4, -0.2) is 28.4 Å². The Kier molecular flexibility index (Phi) is 4.97. The topological polar surface area (TPSA) is 79.6 Å². The number of carbonyl (C=O) groups excluding carboxylic acids is 3. The van der Waals surface area contributed by atoms with Crippen LogP contribution in [0.4, 0.5) is 5.69 Å². The zero-order valence-corrected chi connectivity index (χ0v) is 20.8. The van der Waals surface area contributed by atoms with Crippen LogP contribution >= 0.6 is 11.6 Å². The fourth-order valence-electron chi connectivity index (χ4n) is 6.53. The van der Waals surface area contributed by atoms with Gasteiger partial charge in [-0.15, -0.1) is 0 Å². The molecule has 1 amide bonds. The Morgan fingerprint density at radius 1 is 0.895 bits per heavy atom. The van der Waals surface area contributed by atoms with Gasteiger partial charge in [0.1, 0.15) is 11.5 Å². The molecule has 0 radical (unpaired) electrons. The molecule has 186 valence electrons. The molecule has 6 nitrogen and oxygen atoms in total. The van der Waals surface area contributed by atoms with Crippen molar-refractivity contribution in [1.29, 1.82) is 0 Å². The average molecular weight is 521 g/mol. The Morgan fingerprint density at radius 2 is 1.66 bits per heavy atom. The van der Waals surface area contributed by atoms with E-state index in [1.54, 1.807) is 36.4 Å². The molecule has 0 unspecified atom stereocenters. The van der Waals surface area contributed by atoms with Crippen molar-refractivity contribution < 1.29 is 18.8 Å². The van der Waals surface area contributed by atoms with Gasteiger partial charge in [0.15, 0.2) is 11.5 Å². The fourth-order valence-corrected chi connectivity index (χ4v) is 6.65. The number of benzene rings is 3. The molecule has 3 aliphatic rings. The van der Waals surface area contributed by atoms with Crippen molar-refractivity contribution in [2.45, 2.75) is 17.5 Å². The second kappa shape index (κ2) is 8.30. The van der Waals surface area contributed by atoms with Crippen LogP contribution in [0.3, 0.4) is 0 Å². The first-order valence-electron chi connectivity index (χ1n) is 12.3.